The number of sulfonamides is 1. The molecule has 1 aliphatic rings. The third-order valence-corrected chi connectivity index (χ3v) is 8.16. The Morgan fingerprint density at radius 2 is 1.71 bits per heavy atom. The average Bonchev–Trinajstić information content (AvgIpc) is 3.01. The molecule has 1 unspecified atom stereocenters. The number of nitriles is 1. The van der Waals surface area contributed by atoms with E-state index in [-0.39, 0.29) is 11.3 Å². The molecular formula is C22H22BrN3O4S. The highest BCUT2D eigenvalue weighted by molar-refractivity contribution is 9.10. The normalized spacial score (nSPS) is 17.3. The van der Waals surface area contributed by atoms with E-state index in [4.69, 9.17) is 5.26 Å². The summed E-state index contributed by atoms with van der Waals surface area (Å²) in [5.41, 5.74) is -0.203. The molecule has 0 radical (unpaired) electrons. The fourth-order valence-corrected chi connectivity index (χ4v) is 5.80. The number of imide groups is 1. The van der Waals surface area contributed by atoms with Crippen molar-refractivity contribution >= 4 is 43.5 Å². The zero-order valence-corrected chi connectivity index (χ0v) is 19.8. The molecule has 1 fully saturated rings. The summed E-state index contributed by atoms with van der Waals surface area (Å²) in [7, 11) is -4.07. The molecular weight excluding hydrogens is 482 g/mol. The van der Waals surface area contributed by atoms with Gasteiger partial charge in [-0.3, -0.25) is 9.59 Å². The third-order valence-electron chi connectivity index (χ3n) is 5.49. The summed E-state index contributed by atoms with van der Waals surface area (Å²) in [6, 6.07) is 13.0. The number of halogens is 1. The SMILES string of the molecule is CCC(C)(C)N(C1CC(=O)N(c2ccc(C#N)cc2)C1=O)S(=O)(=O)c1ccc(Br)cc1. The molecule has 1 aliphatic heterocycles. The lowest BCUT2D eigenvalue weighted by Gasteiger charge is -2.39. The van der Waals surface area contributed by atoms with Crippen LogP contribution in [0.4, 0.5) is 5.69 Å². The summed E-state index contributed by atoms with van der Waals surface area (Å²) in [5, 5.41) is 8.97. The molecule has 7 nitrogen and oxygen atoms in total. The van der Waals surface area contributed by atoms with Gasteiger partial charge in [-0.15, -0.1) is 0 Å². The summed E-state index contributed by atoms with van der Waals surface area (Å²) < 4.78 is 29.1. The lowest BCUT2D eigenvalue weighted by molar-refractivity contribution is -0.122. The highest BCUT2D eigenvalue weighted by Gasteiger charge is 2.51. The van der Waals surface area contributed by atoms with Crippen LogP contribution in [0, 0.1) is 11.3 Å². The minimum Gasteiger partial charge on any atom is -0.274 e. The molecule has 2 aromatic carbocycles. The van der Waals surface area contributed by atoms with Crippen LogP contribution in [0.2, 0.25) is 0 Å². The van der Waals surface area contributed by atoms with Crippen LogP contribution in [0.15, 0.2) is 57.9 Å². The Bertz CT molecular complexity index is 1150. The van der Waals surface area contributed by atoms with Gasteiger partial charge in [-0.05, 0) is 68.8 Å². The Balaban J connectivity index is 2.06. The molecule has 0 bridgehead atoms. The highest BCUT2D eigenvalue weighted by Crippen LogP contribution is 2.36. The van der Waals surface area contributed by atoms with Crippen molar-refractivity contribution in [3.05, 3.63) is 58.6 Å². The van der Waals surface area contributed by atoms with Gasteiger partial charge in [-0.25, -0.2) is 13.3 Å². The molecule has 31 heavy (non-hydrogen) atoms. The molecule has 9 heteroatoms. The molecule has 2 aromatic rings. The zero-order chi connectivity index (χ0) is 23.0. The van der Waals surface area contributed by atoms with E-state index in [0.717, 1.165) is 9.37 Å². The molecule has 0 spiro atoms. The van der Waals surface area contributed by atoms with E-state index in [1.807, 2.05) is 13.0 Å². The maximum absolute atomic E-state index is 13.6. The van der Waals surface area contributed by atoms with Crippen LogP contribution in [0.5, 0.6) is 0 Å². The van der Waals surface area contributed by atoms with Gasteiger partial charge in [0.05, 0.1) is 28.6 Å². The van der Waals surface area contributed by atoms with Gasteiger partial charge in [0, 0.05) is 10.0 Å². The second-order valence-corrected chi connectivity index (χ2v) is 10.6. The van der Waals surface area contributed by atoms with E-state index in [1.54, 1.807) is 26.0 Å². The van der Waals surface area contributed by atoms with E-state index >= 15 is 0 Å². The number of hydrogen-bond acceptors (Lipinski definition) is 5. The molecule has 162 valence electrons. The monoisotopic (exact) mass is 503 g/mol. The van der Waals surface area contributed by atoms with Gasteiger partial charge in [0.1, 0.15) is 6.04 Å². The number of anilines is 1. The summed E-state index contributed by atoms with van der Waals surface area (Å²) >= 11 is 3.30. The van der Waals surface area contributed by atoms with Crippen molar-refractivity contribution in [2.24, 2.45) is 0 Å². The third kappa shape index (κ3) is 4.28. The summed E-state index contributed by atoms with van der Waals surface area (Å²) in [4.78, 5) is 27.2. The lowest BCUT2D eigenvalue weighted by atomic mass is 10.00. The van der Waals surface area contributed by atoms with Crippen LogP contribution in [0.25, 0.3) is 0 Å². The van der Waals surface area contributed by atoms with Gasteiger partial charge in [0.25, 0.3) is 5.91 Å². The fraction of sp³-hybridized carbons (Fsp3) is 0.318. The second kappa shape index (κ2) is 8.54. The number of nitrogens with zero attached hydrogens (tertiary/aromatic N) is 3. The second-order valence-electron chi connectivity index (χ2n) is 7.87. The van der Waals surface area contributed by atoms with E-state index in [9.17, 15) is 18.0 Å². The molecule has 1 atom stereocenters. The van der Waals surface area contributed by atoms with Gasteiger partial charge in [-0.2, -0.15) is 9.57 Å². The Kier molecular flexibility index (Phi) is 6.37. The number of hydrogen-bond donors (Lipinski definition) is 0. The smallest absolute Gasteiger partial charge is 0.252 e. The van der Waals surface area contributed by atoms with Crippen molar-refractivity contribution in [3.8, 4) is 6.07 Å². The van der Waals surface area contributed by atoms with Gasteiger partial charge in [0.2, 0.25) is 15.9 Å². The van der Waals surface area contributed by atoms with Crippen LogP contribution in [-0.4, -0.2) is 36.1 Å². The number of amides is 2. The molecule has 2 amide bonds. The van der Waals surface area contributed by atoms with Crippen molar-refractivity contribution in [1.82, 2.24) is 4.31 Å². The quantitative estimate of drug-likeness (QED) is 0.557. The maximum atomic E-state index is 13.6. The Morgan fingerprint density at radius 1 is 1.13 bits per heavy atom. The van der Waals surface area contributed by atoms with Crippen LogP contribution in [-0.2, 0) is 19.6 Å². The predicted octanol–water partition coefficient (Wildman–Crippen LogP) is 3.83. The van der Waals surface area contributed by atoms with Gasteiger partial charge in [-0.1, -0.05) is 22.9 Å². The first-order valence-corrected chi connectivity index (χ1v) is 11.9. The fourth-order valence-electron chi connectivity index (χ4n) is 3.55. The molecule has 1 heterocycles. The lowest BCUT2D eigenvalue weighted by Crippen LogP contribution is -2.55. The van der Waals surface area contributed by atoms with Crippen LogP contribution in [0.1, 0.15) is 39.2 Å². The standard InChI is InChI=1S/C22H22BrN3O4S/c1-4-22(2,3)26(31(29,30)18-11-7-16(23)8-12-18)19-13-20(27)25(21(19)28)17-9-5-15(14-24)6-10-17/h5-12,19H,4,13H2,1-3H3. The van der Waals surface area contributed by atoms with Gasteiger partial charge in [0.15, 0.2) is 0 Å². The van der Waals surface area contributed by atoms with Gasteiger partial charge < -0.3 is 0 Å². The predicted molar refractivity (Wildman–Crippen MR) is 120 cm³/mol. The topological polar surface area (TPSA) is 98.5 Å². The Labute approximate surface area is 190 Å². The molecule has 0 N–H and O–H groups in total. The van der Waals surface area contributed by atoms with Crippen molar-refractivity contribution in [1.29, 1.82) is 5.26 Å². The van der Waals surface area contributed by atoms with Crippen molar-refractivity contribution < 1.29 is 18.0 Å². The van der Waals surface area contributed by atoms with E-state index < -0.39 is 33.4 Å². The summed E-state index contributed by atoms with van der Waals surface area (Å²) in [5.74, 6) is -1.08. The number of rotatable bonds is 6. The van der Waals surface area contributed by atoms with Crippen LogP contribution < -0.4 is 4.90 Å². The summed E-state index contributed by atoms with van der Waals surface area (Å²) in [6.07, 6.45) is 0.190. The largest absolute Gasteiger partial charge is 0.274 e. The molecule has 0 aliphatic carbocycles. The van der Waals surface area contributed by atoms with Crippen molar-refractivity contribution in [3.63, 3.8) is 0 Å². The first kappa shape index (κ1) is 23.1. The van der Waals surface area contributed by atoms with Crippen molar-refractivity contribution in [2.45, 2.75) is 50.1 Å². The molecule has 0 saturated carbocycles. The number of carbonyl (C=O) groups excluding carboxylic acids is 2. The first-order chi connectivity index (χ1) is 14.5. The van der Waals surface area contributed by atoms with Crippen molar-refractivity contribution in [2.75, 3.05) is 4.90 Å². The van der Waals surface area contributed by atoms with Gasteiger partial charge >= 0.3 is 0 Å². The van der Waals surface area contributed by atoms with E-state index in [2.05, 4.69) is 15.9 Å². The van der Waals surface area contributed by atoms with E-state index in [1.165, 1.54) is 40.7 Å². The Morgan fingerprint density at radius 3 is 2.23 bits per heavy atom. The minimum absolute atomic E-state index is 0.0503. The molecule has 0 aromatic heterocycles. The number of carbonyl (C=O) groups is 2. The maximum Gasteiger partial charge on any atom is 0.252 e. The number of benzene rings is 2. The van der Waals surface area contributed by atoms with Crippen LogP contribution in [0.3, 0.4) is 0 Å². The average molecular weight is 504 g/mol. The highest BCUT2D eigenvalue weighted by atomic mass is 79.9. The molecule has 3 rings (SSSR count). The zero-order valence-electron chi connectivity index (χ0n) is 17.4. The first-order valence-electron chi connectivity index (χ1n) is 9.70. The Hall–Kier alpha value is -2.54. The molecule has 1 saturated heterocycles. The summed E-state index contributed by atoms with van der Waals surface area (Å²) in [6.45, 7) is 5.32. The van der Waals surface area contributed by atoms with Crippen LogP contribution >= 0.6 is 15.9 Å². The van der Waals surface area contributed by atoms with E-state index in [0.29, 0.717) is 17.7 Å². The minimum atomic E-state index is -4.07.